The van der Waals surface area contributed by atoms with E-state index in [1.807, 2.05) is 0 Å². The summed E-state index contributed by atoms with van der Waals surface area (Å²) in [5.41, 5.74) is 6.88. The minimum absolute atomic E-state index is 0.333. The Bertz CT molecular complexity index is 819. The molecule has 0 saturated heterocycles. The van der Waals surface area contributed by atoms with Crippen LogP contribution in [0.2, 0.25) is 0 Å². The minimum Gasteiger partial charge on any atom is -0.496 e. The van der Waals surface area contributed by atoms with Crippen molar-refractivity contribution in [2.75, 3.05) is 26.5 Å². The molecule has 2 aromatic carbocycles. The van der Waals surface area contributed by atoms with E-state index in [-0.39, 0.29) is 7.92 Å². The van der Waals surface area contributed by atoms with Gasteiger partial charge in [-0.15, -0.1) is 0 Å². The third-order valence-electron chi connectivity index (χ3n) is 6.00. The highest BCUT2D eigenvalue weighted by Crippen LogP contribution is 2.48. The summed E-state index contributed by atoms with van der Waals surface area (Å²) in [5, 5.41) is 1.36. The molecule has 0 bridgehead atoms. The van der Waals surface area contributed by atoms with Gasteiger partial charge in [-0.05, 0) is 64.5 Å². The predicted molar refractivity (Wildman–Crippen MR) is 135 cm³/mol. The second-order valence-electron chi connectivity index (χ2n) is 8.90. The standard InChI is InChI=1S/C27H41O2P/c1-11-30(12-2)27-24(29-10)14-13-23(28-9)26(27)25-21(18(5)6)15-20(17(3)4)16-22(25)19(7)8/h13-19H,11-12H2,1-10H3. The molecule has 0 aliphatic heterocycles. The molecule has 0 unspecified atom stereocenters. The Labute approximate surface area is 186 Å². The maximum atomic E-state index is 5.98. The molecule has 0 amide bonds. The molecule has 2 rings (SSSR count). The first-order valence-corrected chi connectivity index (χ1v) is 13.1. The third-order valence-corrected chi connectivity index (χ3v) is 8.61. The fourth-order valence-electron chi connectivity index (χ4n) is 4.23. The van der Waals surface area contributed by atoms with Gasteiger partial charge < -0.3 is 9.47 Å². The normalized spacial score (nSPS) is 11.8. The van der Waals surface area contributed by atoms with Gasteiger partial charge in [-0.3, -0.25) is 0 Å². The lowest BCUT2D eigenvalue weighted by Gasteiger charge is -2.29. The molecule has 166 valence electrons. The Morgan fingerprint density at radius 3 is 1.53 bits per heavy atom. The summed E-state index contributed by atoms with van der Waals surface area (Å²) in [5.74, 6) is 3.31. The fraction of sp³-hybridized carbons (Fsp3) is 0.556. The Balaban J connectivity index is 3.08. The average molecular weight is 429 g/mol. The second-order valence-corrected chi connectivity index (χ2v) is 11.7. The maximum Gasteiger partial charge on any atom is 0.127 e. The van der Waals surface area contributed by atoms with Crippen molar-refractivity contribution in [3.05, 3.63) is 41.0 Å². The number of hydrogen-bond acceptors (Lipinski definition) is 2. The van der Waals surface area contributed by atoms with Crippen molar-refractivity contribution < 1.29 is 9.47 Å². The van der Waals surface area contributed by atoms with E-state index in [4.69, 9.17) is 9.47 Å². The smallest absolute Gasteiger partial charge is 0.127 e. The van der Waals surface area contributed by atoms with Crippen LogP contribution in [0, 0.1) is 0 Å². The molecular formula is C27H41O2P. The summed E-state index contributed by atoms with van der Waals surface area (Å²) in [6.45, 7) is 18.4. The van der Waals surface area contributed by atoms with E-state index in [0.29, 0.717) is 17.8 Å². The summed E-state index contributed by atoms with van der Waals surface area (Å²) in [7, 11) is 3.25. The number of benzene rings is 2. The number of hydrogen-bond donors (Lipinski definition) is 0. The van der Waals surface area contributed by atoms with Gasteiger partial charge in [-0.25, -0.2) is 0 Å². The van der Waals surface area contributed by atoms with Crippen LogP contribution in [0.25, 0.3) is 11.1 Å². The molecule has 3 heteroatoms. The van der Waals surface area contributed by atoms with Crippen LogP contribution in [0.15, 0.2) is 24.3 Å². The summed E-state index contributed by atoms with van der Waals surface area (Å²) in [6.07, 6.45) is 2.28. The van der Waals surface area contributed by atoms with Crippen LogP contribution < -0.4 is 14.8 Å². The molecule has 0 fully saturated rings. The zero-order chi connectivity index (χ0) is 22.6. The van der Waals surface area contributed by atoms with Crippen molar-refractivity contribution in [3.63, 3.8) is 0 Å². The Kier molecular flexibility index (Phi) is 8.80. The topological polar surface area (TPSA) is 18.5 Å². The van der Waals surface area contributed by atoms with Crippen LogP contribution in [-0.2, 0) is 0 Å². The van der Waals surface area contributed by atoms with Gasteiger partial charge in [0, 0.05) is 10.9 Å². The van der Waals surface area contributed by atoms with Crippen molar-refractivity contribution in [1.29, 1.82) is 0 Å². The molecule has 0 spiro atoms. The minimum atomic E-state index is -0.333. The Hall–Kier alpha value is -1.53. The van der Waals surface area contributed by atoms with Gasteiger partial charge in [0.15, 0.2) is 0 Å². The van der Waals surface area contributed by atoms with E-state index in [9.17, 15) is 0 Å². The molecule has 0 radical (unpaired) electrons. The van der Waals surface area contributed by atoms with E-state index in [0.717, 1.165) is 23.8 Å². The predicted octanol–water partition coefficient (Wildman–Crippen LogP) is 7.89. The van der Waals surface area contributed by atoms with Crippen molar-refractivity contribution in [1.82, 2.24) is 0 Å². The lowest BCUT2D eigenvalue weighted by Crippen LogP contribution is -2.16. The first-order chi connectivity index (χ1) is 14.2. The van der Waals surface area contributed by atoms with Crippen LogP contribution in [0.4, 0.5) is 0 Å². The molecule has 30 heavy (non-hydrogen) atoms. The molecular weight excluding hydrogens is 387 g/mol. The largest absolute Gasteiger partial charge is 0.496 e. The molecule has 0 heterocycles. The highest BCUT2D eigenvalue weighted by atomic mass is 31.1. The fourth-order valence-corrected chi connectivity index (χ4v) is 6.32. The summed E-state index contributed by atoms with van der Waals surface area (Å²) < 4.78 is 11.9. The van der Waals surface area contributed by atoms with E-state index in [2.05, 4.69) is 79.7 Å². The lowest BCUT2D eigenvalue weighted by molar-refractivity contribution is 0.407. The zero-order valence-electron chi connectivity index (χ0n) is 20.7. The van der Waals surface area contributed by atoms with Crippen LogP contribution in [0.5, 0.6) is 11.5 Å². The van der Waals surface area contributed by atoms with E-state index in [1.54, 1.807) is 14.2 Å². The van der Waals surface area contributed by atoms with Crippen LogP contribution in [0.1, 0.15) is 89.8 Å². The second kappa shape index (κ2) is 10.7. The molecule has 0 aromatic heterocycles. The van der Waals surface area contributed by atoms with E-state index >= 15 is 0 Å². The SMILES string of the molecule is CCP(CC)c1c(OC)ccc(OC)c1-c1c(C(C)C)cc(C(C)C)cc1C(C)C. The van der Waals surface area contributed by atoms with Crippen molar-refractivity contribution >= 4 is 13.2 Å². The van der Waals surface area contributed by atoms with E-state index in [1.165, 1.54) is 33.1 Å². The number of ether oxygens (including phenoxy) is 2. The Morgan fingerprint density at radius 1 is 0.700 bits per heavy atom. The average Bonchev–Trinajstić information content (AvgIpc) is 2.72. The summed E-state index contributed by atoms with van der Waals surface area (Å²) in [6, 6.07) is 9.03. The molecule has 2 nitrogen and oxygen atoms in total. The molecule has 2 aromatic rings. The monoisotopic (exact) mass is 428 g/mol. The van der Waals surface area contributed by atoms with Crippen LogP contribution in [0.3, 0.4) is 0 Å². The maximum absolute atomic E-state index is 5.98. The third kappa shape index (κ3) is 4.86. The van der Waals surface area contributed by atoms with Crippen LogP contribution >= 0.6 is 7.92 Å². The van der Waals surface area contributed by atoms with Gasteiger partial charge in [0.05, 0.1) is 14.2 Å². The highest BCUT2D eigenvalue weighted by molar-refractivity contribution is 7.66. The molecule has 0 saturated carbocycles. The molecule has 0 atom stereocenters. The van der Waals surface area contributed by atoms with Gasteiger partial charge in [-0.2, -0.15) is 0 Å². The molecule has 0 aliphatic rings. The van der Waals surface area contributed by atoms with Gasteiger partial charge in [-0.1, -0.05) is 75.4 Å². The van der Waals surface area contributed by atoms with Gasteiger partial charge >= 0.3 is 0 Å². The summed E-state index contributed by atoms with van der Waals surface area (Å²) >= 11 is 0. The zero-order valence-corrected chi connectivity index (χ0v) is 21.6. The van der Waals surface area contributed by atoms with Gasteiger partial charge in [0.25, 0.3) is 0 Å². The highest BCUT2D eigenvalue weighted by Gasteiger charge is 2.27. The van der Waals surface area contributed by atoms with Crippen molar-refractivity contribution in [2.45, 2.75) is 73.1 Å². The number of rotatable bonds is 9. The molecule has 0 aliphatic carbocycles. The van der Waals surface area contributed by atoms with Crippen molar-refractivity contribution in [3.8, 4) is 22.6 Å². The summed E-state index contributed by atoms with van der Waals surface area (Å²) in [4.78, 5) is 0. The van der Waals surface area contributed by atoms with Gasteiger partial charge in [0.2, 0.25) is 0 Å². The number of methoxy groups -OCH3 is 2. The van der Waals surface area contributed by atoms with Crippen LogP contribution in [-0.4, -0.2) is 26.5 Å². The Morgan fingerprint density at radius 2 is 1.17 bits per heavy atom. The van der Waals surface area contributed by atoms with Crippen molar-refractivity contribution in [2.24, 2.45) is 0 Å². The first-order valence-electron chi connectivity index (χ1n) is 11.4. The first kappa shape index (κ1) is 24.7. The quantitative estimate of drug-likeness (QED) is 0.378. The molecule has 0 N–H and O–H groups in total. The lowest BCUT2D eigenvalue weighted by atomic mass is 9.81. The van der Waals surface area contributed by atoms with E-state index < -0.39 is 0 Å². The van der Waals surface area contributed by atoms with Gasteiger partial charge in [0.1, 0.15) is 11.5 Å².